The van der Waals surface area contributed by atoms with Crippen molar-refractivity contribution in [1.82, 2.24) is 4.98 Å². The van der Waals surface area contributed by atoms with Crippen LogP contribution in [0.5, 0.6) is 0 Å². The largest absolute Gasteiger partial charge is 0.326 e. The molecule has 2 aromatic carbocycles. The normalized spacial score (nSPS) is 11.9. The van der Waals surface area contributed by atoms with Crippen molar-refractivity contribution in [2.75, 3.05) is 5.32 Å². The van der Waals surface area contributed by atoms with Crippen molar-refractivity contribution in [3.63, 3.8) is 0 Å². The van der Waals surface area contributed by atoms with Gasteiger partial charge in [0.15, 0.2) is 0 Å². The number of anilines is 1. The Kier molecular flexibility index (Phi) is 3.46. The van der Waals surface area contributed by atoms with Gasteiger partial charge in [-0.15, -0.1) is 11.3 Å². The smallest absolute Gasteiger partial charge is 0.230 e. The van der Waals surface area contributed by atoms with Gasteiger partial charge in [-0.25, -0.2) is 4.98 Å². The van der Waals surface area contributed by atoms with Gasteiger partial charge >= 0.3 is 0 Å². The number of benzene rings is 2. The molecule has 1 N–H and O–H groups in total. The average Bonchev–Trinajstić information content (AvgIpc) is 3.09. The van der Waals surface area contributed by atoms with Gasteiger partial charge in [-0.2, -0.15) is 0 Å². The topological polar surface area (TPSA) is 42.0 Å². The number of carbonyl (C=O) groups excluding carboxylic acids is 1. The van der Waals surface area contributed by atoms with Crippen molar-refractivity contribution >= 4 is 22.9 Å². The van der Waals surface area contributed by atoms with E-state index in [0.717, 1.165) is 22.8 Å². The monoisotopic (exact) mass is 320 g/mol. The molecule has 1 aliphatic rings. The minimum atomic E-state index is -0.0224. The lowest BCUT2D eigenvalue weighted by Gasteiger charge is -2.07. The second-order valence-electron chi connectivity index (χ2n) is 5.79. The van der Waals surface area contributed by atoms with Crippen molar-refractivity contribution in [2.24, 2.45) is 0 Å². The van der Waals surface area contributed by atoms with Crippen molar-refractivity contribution in [2.45, 2.75) is 19.8 Å². The first kappa shape index (κ1) is 14.2. The minimum absolute atomic E-state index is 0.0224. The van der Waals surface area contributed by atoms with Gasteiger partial charge in [0.05, 0.1) is 17.1 Å². The Balaban J connectivity index is 1.51. The van der Waals surface area contributed by atoms with E-state index in [1.54, 1.807) is 11.3 Å². The zero-order valence-electron chi connectivity index (χ0n) is 12.8. The minimum Gasteiger partial charge on any atom is -0.326 e. The summed E-state index contributed by atoms with van der Waals surface area (Å²) in [7, 11) is 0. The summed E-state index contributed by atoms with van der Waals surface area (Å²) in [6.45, 7) is 1.95. The first-order valence-corrected chi connectivity index (χ1v) is 8.49. The van der Waals surface area contributed by atoms with Gasteiger partial charge in [0.25, 0.3) is 0 Å². The second-order valence-corrected chi connectivity index (χ2v) is 6.85. The third-order valence-corrected chi connectivity index (χ3v) is 4.91. The SMILES string of the molecule is Cc1nc(CC(=O)Nc2ccc3c(c2)Cc2ccccc2-3)cs1. The lowest BCUT2D eigenvalue weighted by atomic mass is 10.1. The number of aryl methyl sites for hydroxylation is 1. The van der Waals surface area contributed by atoms with Crippen molar-refractivity contribution < 1.29 is 4.79 Å². The number of fused-ring (bicyclic) bond motifs is 3. The summed E-state index contributed by atoms with van der Waals surface area (Å²) in [5.41, 5.74) is 6.89. The molecule has 0 aliphatic heterocycles. The van der Waals surface area contributed by atoms with E-state index in [2.05, 4.69) is 46.7 Å². The Bertz CT molecular complexity index is 898. The van der Waals surface area contributed by atoms with Crippen molar-refractivity contribution in [1.29, 1.82) is 0 Å². The maximum Gasteiger partial charge on any atom is 0.230 e. The van der Waals surface area contributed by atoms with E-state index < -0.39 is 0 Å². The molecule has 4 rings (SSSR count). The molecule has 0 bridgehead atoms. The fraction of sp³-hybridized carbons (Fsp3) is 0.158. The molecule has 0 fully saturated rings. The van der Waals surface area contributed by atoms with Gasteiger partial charge in [-0.1, -0.05) is 30.3 Å². The van der Waals surface area contributed by atoms with E-state index in [1.165, 1.54) is 22.3 Å². The van der Waals surface area contributed by atoms with E-state index in [0.29, 0.717) is 6.42 Å². The van der Waals surface area contributed by atoms with E-state index in [-0.39, 0.29) is 5.91 Å². The van der Waals surface area contributed by atoms with Crippen LogP contribution in [0.4, 0.5) is 5.69 Å². The van der Waals surface area contributed by atoms with Gasteiger partial charge in [0.2, 0.25) is 5.91 Å². The van der Waals surface area contributed by atoms with Crippen molar-refractivity contribution in [3.8, 4) is 11.1 Å². The quantitative estimate of drug-likeness (QED) is 0.614. The molecule has 1 aliphatic carbocycles. The van der Waals surface area contributed by atoms with Crippen LogP contribution in [0.1, 0.15) is 21.8 Å². The van der Waals surface area contributed by atoms with E-state index >= 15 is 0 Å². The zero-order valence-corrected chi connectivity index (χ0v) is 13.6. The summed E-state index contributed by atoms with van der Waals surface area (Å²) in [6.07, 6.45) is 1.25. The second kappa shape index (κ2) is 5.63. The predicted molar refractivity (Wildman–Crippen MR) is 93.9 cm³/mol. The van der Waals surface area contributed by atoms with Crippen LogP contribution in [0.2, 0.25) is 0 Å². The molecule has 3 aromatic rings. The molecule has 0 saturated carbocycles. The highest BCUT2D eigenvalue weighted by Gasteiger charge is 2.18. The number of hydrogen-bond acceptors (Lipinski definition) is 3. The maximum absolute atomic E-state index is 12.2. The first-order valence-electron chi connectivity index (χ1n) is 7.61. The molecule has 0 unspecified atom stereocenters. The fourth-order valence-corrected chi connectivity index (χ4v) is 3.69. The van der Waals surface area contributed by atoms with Crippen LogP contribution in [0, 0.1) is 6.92 Å². The molecule has 3 nitrogen and oxygen atoms in total. The zero-order chi connectivity index (χ0) is 15.8. The lowest BCUT2D eigenvalue weighted by molar-refractivity contribution is -0.115. The van der Waals surface area contributed by atoms with E-state index in [4.69, 9.17) is 0 Å². The Hall–Kier alpha value is -2.46. The highest BCUT2D eigenvalue weighted by atomic mass is 32.1. The van der Waals surface area contributed by atoms with Gasteiger partial charge in [0.1, 0.15) is 0 Å². The van der Waals surface area contributed by atoms with Crippen LogP contribution < -0.4 is 5.32 Å². The third-order valence-electron chi connectivity index (χ3n) is 4.09. The molecule has 23 heavy (non-hydrogen) atoms. The number of thiazole rings is 1. The van der Waals surface area contributed by atoms with Crippen LogP contribution in [0.25, 0.3) is 11.1 Å². The molecule has 0 spiro atoms. The summed E-state index contributed by atoms with van der Waals surface area (Å²) < 4.78 is 0. The fourth-order valence-electron chi connectivity index (χ4n) is 3.08. The van der Waals surface area contributed by atoms with Gasteiger partial charge < -0.3 is 5.32 Å². The maximum atomic E-state index is 12.2. The number of nitrogens with one attached hydrogen (secondary N) is 1. The van der Waals surface area contributed by atoms with Crippen LogP contribution in [0.3, 0.4) is 0 Å². The molecule has 1 aromatic heterocycles. The summed E-state index contributed by atoms with van der Waals surface area (Å²) in [5, 5.41) is 5.91. The molecule has 0 atom stereocenters. The standard InChI is InChI=1S/C19H16N2OS/c1-12-20-16(11-23-12)10-19(22)21-15-6-7-18-14(9-15)8-13-4-2-3-5-17(13)18/h2-7,9,11H,8,10H2,1H3,(H,21,22). The van der Waals surface area contributed by atoms with Crippen LogP contribution >= 0.6 is 11.3 Å². The number of hydrogen-bond donors (Lipinski definition) is 1. The number of aromatic nitrogens is 1. The Morgan fingerprint density at radius 2 is 2.00 bits per heavy atom. The number of nitrogens with zero attached hydrogens (tertiary/aromatic N) is 1. The Morgan fingerprint density at radius 3 is 2.83 bits per heavy atom. The third kappa shape index (κ3) is 2.78. The van der Waals surface area contributed by atoms with E-state index in [1.807, 2.05) is 18.4 Å². The molecule has 114 valence electrons. The molecule has 0 radical (unpaired) electrons. The van der Waals surface area contributed by atoms with Crippen LogP contribution in [-0.2, 0) is 17.6 Å². The molecular weight excluding hydrogens is 304 g/mol. The number of rotatable bonds is 3. The van der Waals surface area contributed by atoms with Gasteiger partial charge in [0, 0.05) is 11.1 Å². The summed E-state index contributed by atoms with van der Waals surface area (Å²) >= 11 is 1.57. The summed E-state index contributed by atoms with van der Waals surface area (Å²) in [6, 6.07) is 14.6. The first-order chi connectivity index (χ1) is 11.2. The highest BCUT2D eigenvalue weighted by molar-refractivity contribution is 7.09. The number of carbonyl (C=O) groups is 1. The molecule has 1 heterocycles. The molecule has 0 saturated heterocycles. The van der Waals surface area contributed by atoms with Crippen LogP contribution in [0.15, 0.2) is 47.8 Å². The molecule has 4 heteroatoms. The highest BCUT2D eigenvalue weighted by Crippen LogP contribution is 2.37. The molecular formula is C19H16N2OS. The summed E-state index contributed by atoms with van der Waals surface area (Å²) in [5.74, 6) is -0.0224. The number of amides is 1. The Morgan fingerprint density at radius 1 is 1.17 bits per heavy atom. The molecule has 1 amide bonds. The Labute approximate surface area is 139 Å². The lowest BCUT2D eigenvalue weighted by Crippen LogP contribution is -2.14. The van der Waals surface area contributed by atoms with E-state index in [9.17, 15) is 4.79 Å². The van der Waals surface area contributed by atoms with Crippen molar-refractivity contribution in [3.05, 3.63) is 69.7 Å². The predicted octanol–water partition coefficient (Wildman–Crippen LogP) is 4.20. The average molecular weight is 320 g/mol. The van der Waals surface area contributed by atoms with Crippen LogP contribution in [-0.4, -0.2) is 10.9 Å². The van der Waals surface area contributed by atoms with Gasteiger partial charge in [-0.05, 0) is 47.7 Å². The summed E-state index contributed by atoms with van der Waals surface area (Å²) in [4.78, 5) is 16.5. The van der Waals surface area contributed by atoms with Gasteiger partial charge in [-0.3, -0.25) is 4.79 Å².